The fraction of sp³-hybridized carbons (Fsp3) is 0.192. The van der Waals surface area contributed by atoms with E-state index in [2.05, 4.69) is 25.6 Å². The van der Waals surface area contributed by atoms with E-state index in [1.54, 1.807) is 67.8 Å². The molecule has 1 atom stereocenters. The molecule has 4 heterocycles. The highest BCUT2D eigenvalue weighted by Crippen LogP contribution is 2.44. The first-order valence-electron chi connectivity index (χ1n) is 11.4. The number of carbonyl (C=O) groups excluding carboxylic acids is 1. The second kappa shape index (κ2) is 9.97. The number of allylic oxidation sites excluding steroid dienone is 1. The minimum absolute atomic E-state index is 0.341. The Bertz CT molecular complexity index is 1440. The third kappa shape index (κ3) is 4.42. The average molecular weight is 500 g/mol. The number of carbonyl (C=O) groups is 1. The molecule has 1 aromatic carbocycles. The van der Waals surface area contributed by atoms with E-state index in [0.717, 1.165) is 5.56 Å². The Morgan fingerprint density at radius 2 is 1.81 bits per heavy atom. The van der Waals surface area contributed by atoms with Crippen LogP contribution in [0.25, 0.3) is 11.4 Å². The molecule has 5 rings (SSSR count). The van der Waals surface area contributed by atoms with Crippen LogP contribution >= 0.6 is 0 Å². The van der Waals surface area contributed by atoms with Crippen molar-refractivity contribution in [2.75, 3.05) is 32.0 Å². The number of hydrogen-bond acceptors (Lipinski definition) is 9. The summed E-state index contributed by atoms with van der Waals surface area (Å²) >= 11 is 0. The van der Waals surface area contributed by atoms with Crippen molar-refractivity contribution in [2.45, 2.75) is 13.0 Å². The summed E-state index contributed by atoms with van der Waals surface area (Å²) in [5, 5.41) is 10.9. The van der Waals surface area contributed by atoms with Gasteiger partial charge in [-0.1, -0.05) is 6.07 Å². The minimum Gasteiger partial charge on any atom is -0.493 e. The van der Waals surface area contributed by atoms with E-state index in [1.807, 2.05) is 19.1 Å². The van der Waals surface area contributed by atoms with E-state index >= 15 is 0 Å². The molecule has 11 heteroatoms. The third-order valence-corrected chi connectivity index (χ3v) is 5.93. The number of ether oxygens (including phenoxy) is 3. The topological polar surface area (TPSA) is 125 Å². The number of fused-ring (bicyclic) bond motifs is 1. The van der Waals surface area contributed by atoms with Gasteiger partial charge in [-0.2, -0.15) is 4.98 Å². The first kappa shape index (κ1) is 23.8. The quantitative estimate of drug-likeness (QED) is 0.392. The van der Waals surface area contributed by atoms with Gasteiger partial charge in [-0.15, -0.1) is 5.10 Å². The van der Waals surface area contributed by atoms with Crippen LogP contribution in [0.15, 0.2) is 72.3 Å². The van der Waals surface area contributed by atoms with Gasteiger partial charge in [-0.05, 0) is 48.9 Å². The molecule has 0 spiro atoms. The maximum Gasteiger partial charge on any atom is 0.257 e. The summed E-state index contributed by atoms with van der Waals surface area (Å²) in [7, 11) is 4.62. The van der Waals surface area contributed by atoms with Crippen LogP contribution in [0, 0.1) is 0 Å². The highest BCUT2D eigenvalue weighted by Gasteiger charge is 2.36. The number of aromatic nitrogens is 5. The zero-order valence-electron chi connectivity index (χ0n) is 20.7. The third-order valence-electron chi connectivity index (χ3n) is 5.93. The number of nitrogens with zero attached hydrogens (tertiary/aromatic N) is 5. The Hall–Kier alpha value is -4.93. The number of hydrogen-bond donors (Lipinski definition) is 2. The van der Waals surface area contributed by atoms with E-state index in [-0.39, 0.29) is 5.91 Å². The number of methoxy groups -OCH3 is 3. The maximum atomic E-state index is 13.7. The highest BCUT2D eigenvalue weighted by atomic mass is 16.5. The lowest BCUT2D eigenvalue weighted by molar-refractivity contribution is -0.113. The van der Waals surface area contributed by atoms with Crippen LogP contribution in [0.4, 0.5) is 11.8 Å². The molecular formula is C26H25N7O4. The number of anilines is 2. The number of benzene rings is 1. The average Bonchev–Trinajstić information content (AvgIpc) is 3.36. The number of amides is 1. The molecule has 3 aromatic heterocycles. The van der Waals surface area contributed by atoms with Crippen molar-refractivity contribution in [1.82, 2.24) is 24.7 Å². The number of pyridine rings is 2. The Labute approximate surface area is 213 Å². The largest absolute Gasteiger partial charge is 0.493 e. The van der Waals surface area contributed by atoms with Crippen molar-refractivity contribution in [3.05, 3.63) is 77.9 Å². The van der Waals surface area contributed by atoms with Crippen molar-refractivity contribution in [3.63, 3.8) is 0 Å². The Balaban J connectivity index is 1.68. The number of rotatable bonds is 7. The summed E-state index contributed by atoms with van der Waals surface area (Å²) in [6.07, 6.45) is 4.98. The summed E-state index contributed by atoms with van der Waals surface area (Å²) in [5.74, 6) is 2.37. The summed E-state index contributed by atoms with van der Waals surface area (Å²) in [6.45, 7) is 1.82. The van der Waals surface area contributed by atoms with Crippen molar-refractivity contribution in [3.8, 4) is 28.6 Å². The number of nitrogens with one attached hydrogen (secondary N) is 2. The second-order valence-electron chi connectivity index (χ2n) is 8.14. The molecule has 1 aliphatic rings. The first-order chi connectivity index (χ1) is 18.0. The molecule has 0 saturated carbocycles. The van der Waals surface area contributed by atoms with Crippen LogP contribution in [0.2, 0.25) is 0 Å². The van der Waals surface area contributed by atoms with Gasteiger partial charge in [0.15, 0.2) is 17.3 Å². The summed E-state index contributed by atoms with van der Waals surface area (Å²) in [4.78, 5) is 26.8. The minimum atomic E-state index is -0.674. The van der Waals surface area contributed by atoms with Gasteiger partial charge in [0.25, 0.3) is 5.91 Å². The van der Waals surface area contributed by atoms with Crippen LogP contribution in [0.3, 0.4) is 0 Å². The zero-order valence-corrected chi connectivity index (χ0v) is 20.7. The molecule has 0 bridgehead atoms. The van der Waals surface area contributed by atoms with Gasteiger partial charge in [0.05, 0.1) is 26.9 Å². The predicted octanol–water partition coefficient (Wildman–Crippen LogP) is 3.69. The van der Waals surface area contributed by atoms with E-state index in [4.69, 9.17) is 19.3 Å². The molecule has 37 heavy (non-hydrogen) atoms. The highest BCUT2D eigenvalue weighted by molar-refractivity contribution is 6.05. The summed E-state index contributed by atoms with van der Waals surface area (Å²) in [5.41, 5.74) is 2.47. The molecule has 11 nitrogen and oxygen atoms in total. The van der Waals surface area contributed by atoms with Gasteiger partial charge in [0.2, 0.25) is 11.7 Å². The van der Waals surface area contributed by atoms with Crippen molar-refractivity contribution < 1.29 is 19.0 Å². The molecule has 0 fully saturated rings. The molecule has 0 saturated heterocycles. The molecule has 4 aromatic rings. The Morgan fingerprint density at radius 1 is 1.03 bits per heavy atom. The molecule has 1 unspecified atom stereocenters. The standard InChI is InChI=1S/C26H25N7O4/c1-15-21(25(34)30-20-9-5-6-11-28-20)22(17-12-18(35-2)23(37-4)19(13-17)36-3)33-26(29-15)31-24(32-33)16-8-7-10-27-14-16/h5-14,22H,1-4H3,(H,28,30,34)(H,29,31,32). The molecule has 1 amide bonds. The zero-order chi connectivity index (χ0) is 25.9. The van der Waals surface area contributed by atoms with Crippen LogP contribution in [0.1, 0.15) is 18.5 Å². The lowest BCUT2D eigenvalue weighted by Crippen LogP contribution is -2.31. The van der Waals surface area contributed by atoms with Crippen LogP contribution in [-0.4, -0.2) is 52.0 Å². The molecule has 0 aliphatic carbocycles. The lowest BCUT2D eigenvalue weighted by atomic mass is 9.94. The smallest absolute Gasteiger partial charge is 0.257 e. The van der Waals surface area contributed by atoms with Crippen LogP contribution in [0.5, 0.6) is 17.2 Å². The van der Waals surface area contributed by atoms with Crippen molar-refractivity contribution in [2.24, 2.45) is 0 Å². The van der Waals surface area contributed by atoms with E-state index in [1.165, 1.54) is 7.11 Å². The Morgan fingerprint density at radius 3 is 2.43 bits per heavy atom. The van der Waals surface area contributed by atoms with Gasteiger partial charge >= 0.3 is 0 Å². The molecule has 188 valence electrons. The van der Waals surface area contributed by atoms with Crippen molar-refractivity contribution in [1.29, 1.82) is 0 Å². The van der Waals surface area contributed by atoms with E-state index < -0.39 is 6.04 Å². The summed E-state index contributed by atoms with van der Waals surface area (Å²) in [6, 6.07) is 11.9. The van der Waals surface area contributed by atoms with Gasteiger partial charge < -0.3 is 24.8 Å². The Kier molecular flexibility index (Phi) is 6.42. The first-order valence-corrected chi connectivity index (χ1v) is 11.4. The summed E-state index contributed by atoms with van der Waals surface area (Å²) < 4.78 is 18.4. The molecular weight excluding hydrogens is 474 g/mol. The predicted molar refractivity (Wildman–Crippen MR) is 137 cm³/mol. The van der Waals surface area contributed by atoms with Gasteiger partial charge in [0.1, 0.15) is 11.9 Å². The van der Waals surface area contributed by atoms with E-state index in [0.29, 0.717) is 51.7 Å². The van der Waals surface area contributed by atoms with Crippen LogP contribution < -0.4 is 24.8 Å². The molecule has 1 aliphatic heterocycles. The fourth-order valence-electron chi connectivity index (χ4n) is 4.25. The fourth-order valence-corrected chi connectivity index (χ4v) is 4.25. The van der Waals surface area contributed by atoms with Crippen LogP contribution in [-0.2, 0) is 4.79 Å². The monoisotopic (exact) mass is 499 g/mol. The SMILES string of the molecule is COc1cc(C2C(C(=O)Nc3ccccn3)=C(C)Nc3nc(-c4cccnc4)nn32)cc(OC)c1OC. The van der Waals surface area contributed by atoms with Crippen molar-refractivity contribution >= 4 is 17.7 Å². The normalized spacial score (nSPS) is 14.4. The maximum absolute atomic E-state index is 13.7. The second-order valence-corrected chi connectivity index (χ2v) is 8.14. The molecule has 0 radical (unpaired) electrons. The van der Waals surface area contributed by atoms with Gasteiger partial charge in [0, 0.05) is 29.9 Å². The van der Waals surface area contributed by atoms with Gasteiger partial charge in [-0.3, -0.25) is 9.78 Å². The van der Waals surface area contributed by atoms with Gasteiger partial charge in [-0.25, -0.2) is 9.67 Å². The lowest BCUT2D eigenvalue weighted by Gasteiger charge is -2.29. The van der Waals surface area contributed by atoms with E-state index in [9.17, 15) is 4.79 Å². The molecule has 2 N–H and O–H groups in total.